The smallest absolute Gasteiger partial charge is 0.267 e. The number of rotatable bonds is 5. The van der Waals surface area contributed by atoms with Gasteiger partial charge in [0.2, 0.25) is 5.82 Å². The molecule has 1 saturated carbocycles. The van der Waals surface area contributed by atoms with E-state index in [0.717, 1.165) is 47.4 Å². The lowest BCUT2D eigenvalue weighted by molar-refractivity contribution is -0.135. The normalized spacial score (nSPS) is 20.8. The number of amides is 1. The maximum absolute atomic E-state index is 13.5. The average Bonchev–Trinajstić information content (AvgIpc) is 3.66. The van der Waals surface area contributed by atoms with Crippen LogP contribution in [-0.2, 0) is 11.3 Å². The molecule has 0 radical (unpaired) electrons. The molecule has 35 heavy (non-hydrogen) atoms. The highest BCUT2D eigenvalue weighted by Crippen LogP contribution is 2.44. The lowest BCUT2D eigenvalue weighted by Crippen LogP contribution is -2.34. The van der Waals surface area contributed by atoms with Gasteiger partial charge in [0.25, 0.3) is 5.91 Å². The van der Waals surface area contributed by atoms with E-state index < -0.39 is 0 Å². The van der Waals surface area contributed by atoms with Gasteiger partial charge in [-0.05, 0) is 67.3 Å². The van der Waals surface area contributed by atoms with Gasteiger partial charge in [-0.25, -0.2) is 5.01 Å². The van der Waals surface area contributed by atoms with E-state index >= 15 is 0 Å². The predicted octanol–water partition coefficient (Wildman–Crippen LogP) is 4.66. The van der Waals surface area contributed by atoms with Crippen molar-refractivity contribution < 1.29 is 13.6 Å². The number of furan rings is 2. The number of aryl methyl sites for hydroxylation is 1. The minimum Gasteiger partial charge on any atom is -0.467 e. The molecule has 0 N–H and O–H groups in total. The maximum Gasteiger partial charge on any atom is 0.267 e. The second-order valence-electron chi connectivity index (χ2n) is 8.88. The first kappa shape index (κ1) is 21.3. The maximum atomic E-state index is 13.5. The molecule has 6 rings (SSSR count). The van der Waals surface area contributed by atoms with Crippen molar-refractivity contribution in [2.45, 2.75) is 38.8 Å². The number of hydrogen-bond acceptors (Lipinski definition) is 7. The first-order valence-corrected chi connectivity index (χ1v) is 11.7. The minimum atomic E-state index is -0.312. The molecule has 0 saturated heterocycles. The molecule has 0 bridgehead atoms. The van der Waals surface area contributed by atoms with Crippen LogP contribution in [0.2, 0.25) is 0 Å². The van der Waals surface area contributed by atoms with Crippen LogP contribution in [0.4, 0.5) is 0 Å². The van der Waals surface area contributed by atoms with Crippen molar-refractivity contribution in [2.75, 3.05) is 0 Å². The van der Waals surface area contributed by atoms with E-state index in [1.165, 1.54) is 9.81 Å². The molecule has 2 aliphatic rings. The zero-order chi connectivity index (χ0) is 23.8. The molecule has 1 fully saturated rings. The van der Waals surface area contributed by atoms with Gasteiger partial charge in [-0.1, -0.05) is 29.8 Å². The Balaban J connectivity index is 1.29. The number of allylic oxidation sites excluding steroid dienone is 1. The predicted molar refractivity (Wildman–Crippen MR) is 128 cm³/mol. The average molecular weight is 469 g/mol. The highest BCUT2D eigenvalue weighted by molar-refractivity contribution is 6.07. The van der Waals surface area contributed by atoms with E-state index in [1.54, 1.807) is 12.5 Å². The van der Waals surface area contributed by atoms with Crippen LogP contribution in [0.5, 0.6) is 0 Å². The standard InChI is InChI=1S/C26H24N6O3/c1-17-9-11-18(12-10-17)26-27-30-31(29-26)16-23(33)32-25(22-8-4-14-35-22)21-7-2-5-19(24(21)28-32)15-20-6-3-13-34-20/h3-4,6,8-15,21,25H,2,5,7,16H2,1H3. The largest absolute Gasteiger partial charge is 0.467 e. The van der Waals surface area contributed by atoms with Gasteiger partial charge in [-0.15, -0.1) is 10.2 Å². The van der Waals surface area contributed by atoms with E-state index in [4.69, 9.17) is 13.9 Å². The van der Waals surface area contributed by atoms with Gasteiger partial charge < -0.3 is 8.83 Å². The number of hydrazone groups is 1. The summed E-state index contributed by atoms with van der Waals surface area (Å²) in [5.74, 6) is 1.79. The number of nitrogens with zero attached hydrogens (tertiary/aromatic N) is 6. The van der Waals surface area contributed by atoms with Crippen LogP contribution in [0.1, 0.15) is 42.4 Å². The Labute approximate surface area is 201 Å². The number of tetrazole rings is 1. The van der Waals surface area contributed by atoms with Crippen LogP contribution < -0.4 is 0 Å². The fraction of sp³-hybridized carbons (Fsp3) is 0.269. The van der Waals surface area contributed by atoms with Crippen LogP contribution in [0.25, 0.3) is 17.5 Å². The zero-order valence-corrected chi connectivity index (χ0v) is 19.2. The van der Waals surface area contributed by atoms with E-state index in [1.807, 2.05) is 61.5 Å². The van der Waals surface area contributed by atoms with Gasteiger partial charge in [0.1, 0.15) is 24.1 Å². The molecule has 1 aliphatic heterocycles. The fourth-order valence-corrected chi connectivity index (χ4v) is 4.81. The molecule has 2 atom stereocenters. The number of carbonyl (C=O) groups excluding carboxylic acids is 1. The summed E-state index contributed by atoms with van der Waals surface area (Å²) in [5, 5.41) is 19.0. The highest BCUT2D eigenvalue weighted by Gasteiger charge is 2.45. The molecule has 9 nitrogen and oxygen atoms in total. The summed E-state index contributed by atoms with van der Waals surface area (Å²) >= 11 is 0. The third-order valence-electron chi connectivity index (χ3n) is 6.49. The second kappa shape index (κ2) is 8.83. The Bertz CT molecular complexity index is 1380. The van der Waals surface area contributed by atoms with Crippen molar-refractivity contribution in [2.24, 2.45) is 11.0 Å². The number of fused-ring (bicyclic) bond motifs is 1. The SMILES string of the molecule is Cc1ccc(-c2nnn(CC(=O)N3N=C4C(=Cc5ccco5)CCCC4C3c3ccco3)n2)cc1. The molecule has 1 amide bonds. The quantitative estimate of drug-likeness (QED) is 0.422. The molecule has 3 aromatic heterocycles. The molecule has 2 unspecified atom stereocenters. The Morgan fingerprint density at radius 1 is 1.11 bits per heavy atom. The lowest BCUT2D eigenvalue weighted by atomic mass is 9.79. The first-order chi connectivity index (χ1) is 17.2. The van der Waals surface area contributed by atoms with Crippen LogP contribution in [-0.4, -0.2) is 36.8 Å². The third kappa shape index (κ3) is 4.09. The van der Waals surface area contributed by atoms with Gasteiger partial charge >= 0.3 is 0 Å². The van der Waals surface area contributed by atoms with Gasteiger partial charge in [0, 0.05) is 11.5 Å². The fourth-order valence-electron chi connectivity index (χ4n) is 4.81. The highest BCUT2D eigenvalue weighted by atomic mass is 16.3. The van der Waals surface area contributed by atoms with Crippen molar-refractivity contribution >= 4 is 17.7 Å². The van der Waals surface area contributed by atoms with Crippen molar-refractivity contribution in [3.63, 3.8) is 0 Å². The number of benzene rings is 1. The van der Waals surface area contributed by atoms with Gasteiger partial charge in [0.05, 0.1) is 18.2 Å². The lowest BCUT2D eigenvalue weighted by Gasteiger charge is -2.27. The van der Waals surface area contributed by atoms with E-state index in [-0.39, 0.29) is 24.4 Å². The van der Waals surface area contributed by atoms with Crippen LogP contribution in [0.3, 0.4) is 0 Å². The Hall–Kier alpha value is -4.27. The zero-order valence-electron chi connectivity index (χ0n) is 19.2. The van der Waals surface area contributed by atoms with Crippen molar-refractivity contribution in [3.8, 4) is 11.4 Å². The molecule has 9 heteroatoms. The van der Waals surface area contributed by atoms with Gasteiger partial charge in [-0.2, -0.15) is 9.90 Å². The first-order valence-electron chi connectivity index (χ1n) is 11.7. The number of aromatic nitrogens is 4. The van der Waals surface area contributed by atoms with Crippen LogP contribution in [0.15, 0.2) is 80.6 Å². The van der Waals surface area contributed by atoms with Crippen molar-refractivity contribution in [1.82, 2.24) is 25.2 Å². The molecular weight excluding hydrogens is 444 g/mol. The topological polar surface area (TPSA) is 103 Å². The summed E-state index contributed by atoms with van der Waals surface area (Å²) < 4.78 is 11.3. The summed E-state index contributed by atoms with van der Waals surface area (Å²) in [6.45, 7) is 1.95. The third-order valence-corrected chi connectivity index (χ3v) is 6.49. The molecular formula is C26H24N6O3. The second-order valence-corrected chi connectivity index (χ2v) is 8.88. The van der Waals surface area contributed by atoms with Gasteiger partial charge in [0.15, 0.2) is 0 Å². The molecule has 176 valence electrons. The Kier molecular flexibility index (Phi) is 5.36. The van der Waals surface area contributed by atoms with Crippen LogP contribution >= 0.6 is 0 Å². The molecule has 1 aliphatic carbocycles. The summed E-state index contributed by atoms with van der Waals surface area (Å²) in [5.41, 5.74) is 4.00. The minimum absolute atomic E-state index is 0.0480. The summed E-state index contributed by atoms with van der Waals surface area (Å²) in [6, 6.07) is 15.1. The Morgan fingerprint density at radius 3 is 2.71 bits per heavy atom. The summed E-state index contributed by atoms with van der Waals surface area (Å²) in [7, 11) is 0. The van der Waals surface area contributed by atoms with E-state index in [0.29, 0.717) is 11.6 Å². The number of carbonyl (C=O) groups is 1. The monoisotopic (exact) mass is 468 g/mol. The summed E-state index contributed by atoms with van der Waals surface area (Å²) in [4.78, 5) is 14.8. The molecule has 0 spiro atoms. The van der Waals surface area contributed by atoms with Gasteiger partial charge in [-0.3, -0.25) is 4.79 Å². The molecule has 4 heterocycles. The van der Waals surface area contributed by atoms with E-state index in [9.17, 15) is 4.79 Å². The van der Waals surface area contributed by atoms with Crippen LogP contribution in [0, 0.1) is 12.8 Å². The molecule has 4 aromatic rings. The van der Waals surface area contributed by atoms with E-state index in [2.05, 4.69) is 15.4 Å². The molecule has 1 aromatic carbocycles. The van der Waals surface area contributed by atoms with Crippen molar-refractivity contribution in [1.29, 1.82) is 0 Å². The van der Waals surface area contributed by atoms with Crippen molar-refractivity contribution in [3.05, 3.63) is 83.7 Å². The number of hydrogen-bond donors (Lipinski definition) is 0. The Morgan fingerprint density at radius 2 is 1.94 bits per heavy atom. The summed E-state index contributed by atoms with van der Waals surface area (Å²) in [6.07, 6.45) is 8.10.